The number of aromatic hydroxyl groups is 2. The number of hydrogen-bond donors (Lipinski definition) is 2. The highest BCUT2D eigenvalue weighted by Gasteiger charge is 2.23. The molecule has 0 saturated heterocycles. The second-order valence-electron chi connectivity index (χ2n) is 5.87. The Morgan fingerprint density at radius 3 is 2.05 bits per heavy atom. The van der Waals surface area contributed by atoms with Crippen LogP contribution in [0.15, 0.2) is 54.6 Å². The lowest BCUT2D eigenvalue weighted by atomic mass is 9.76. The van der Waals surface area contributed by atoms with Crippen molar-refractivity contribution in [1.29, 1.82) is 0 Å². The summed E-state index contributed by atoms with van der Waals surface area (Å²) in [6.45, 7) is 2.28. The first-order chi connectivity index (χ1) is 10.1. The van der Waals surface area contributed by atoms with E-state index in [1.54, 1.807) is 24.3 Å². The minimum absolute atomic E-state index is 0.304. The third-order valence-corrected chi connectivity index (χ3v) is 4.38. The van der Waals surface area contributed by atoms with Crippen LogP contribution in [0.5, 0.6) is 11.5 Å². The highest BCUT2D eigenvalue weighted by Crippen LogP contribution is 2.39. The van der Waals surface area contributed by atoms with Crippen LogP contribution in [0.25, 0.3) is 5.57 Å². The van der Waals surface area contributed by atoms with Crippen molar-refractivity contribution in [3.05, 3.63) is 65.7 Å². The van der Waals surface area contributed by atoms with Gasteiger partial charge in [0, 0.05) is 5.92 Å². The Morgan fingerprint density at radius 1 is 0.857 bits per heavy atom. The van der Waals surface area contributed by atoms with Crippen LogP contribution in [0.3, 0.4) is 0 Å². The van der Waals surface area contributed by atoms with Gasteiger partial charge >= 0.3 is 0 Å². The SMILES string of the molecule is CC1CCC(c2ccc(O)cc2)=CC1c1ccc(O)cc1. The lowest BCUT2D eigenvalue weighted by Gasteiger charge is -2.28. The van der Waals surface area contributed by atoms with E-state index in [2.05, 4.69) is 13.0 Å². The first-order valence-corrected chi connectivity index (χ1v) is 7.42. The molecule has 2 N–H and O–H groups in total. The van der Waals surface area contributed by atoms with E-state index in [4.69, 9.17) is 0 Å². The van der Waals surface area contributed by atoms with Crippen molar-refractivity contribution < 1.29 is 10.2 Å². The van der Waals surface area contributed by atoms with Crippen molar-refractivity contribution in [2.24, 2.45) is 5.92 Å². The van der Waals surface area contributed by atoms with Gasteiger partial charge in [0.2, 0.25) is 0 Å². The van der Waals surface area contributed by atoms with Crippen molar-refractivity contribution in [3.63, 3.8) is 0 Å². The number of phenolic OH excluding ortho intramolecular Hbond substituents is 2. The molecule has 3 rings (SSSR count). The third kappa shape index (κ3) is 2.94. The number of rotatable bonds is 2. The molecule has 2 unspecified atom stereocenters. The molecule has 0 fully saturated rings. The molecule has 0 aliphatic heterocycles. The maximum Gasteiger partial charge on any atom is 0.115 e. The van der Waals surface area contributed by atoms with Gasteiger partial charge in [-0.1, -0.05) is 37.3 Å². The van der Waals surface area contributed by atoms with E-state index in [9.17, 15) is 10.2 Å². The highest BCUT2D eigenvalue weighted by atomic mass is 16.3. The fourth-order valence-corrected chi connectivity index (χ4v) is 3.06. The van der Waals surface area contributed by atoms with Crippen LogP contribution < -0.4 is 0 Å². The van der Waals surface area contributed by atoms with Gasteiger partial charge in [0.15, 0.2) is 0 Å². The van der Waals surface area contributed by atoms with Crippen LogP contribution in [0, 0.1) is 5.92 Å². The molecule has 21 heavy (non-hydrogen) atoms. The molecule has 0 bridgehead atoms. The van der Waals surface area contributed by atoms with Crippen molar-refractivity contribution >= 4 is 5.57 Å². The Balaban J connectivity index is 1.94. The quantitative estimate of drug-likeness (QED) is 0.837. The maximum absolute atomic E-state index is 9.44. The molecule has 0 spiro atoms. The van der Waals surface area contributed by atoms with Crippen LogP contribution in [0.4, 0.5) is 0 Å². The Morgan fingerprint density at radius 2 is 1.43 bits per heavy atom. The molecule has 1 aliphatic carbocycles. The zero-order valence-electron chi connectivity index (χ0n) is 12.2. The Bertz CT molecular complexity index is 638. The van der Waals surface area contributed by atoms with Crippen molar-refractivity contribution in [2.75, 3.05) is 0 Å². The van der Waals surface area contributed by atoms with Gasteiger partial charge in [0.25, 0.3) is 0 Å². The fourth-order valence-electron chi connectivity index (χ4n) is 3.06. The number of benzene rings is 2. The summed E-state index contributed by atoms with van der Waals surface area (Å²) in [4.78, 5) is 0. The van der Waals surface area contributed by atoms with Crippen LogP contribution in [-0.2, 0) is 0 Å². The zero-order valence-corrected chi connectivity index (χ0v) is 12.2. The molecule has 108 valence electrons. The van der Waals surface area contributed by atoms with Crippen LogP contribution in [0.2, 0.25) is 0 Å². The molecule has 2 aromatic carbocycles. The molecule has 0 radical (unpaired) electrons. The largest absolute Gasteiger partial charge is 0.508 e. The van der Waals surface area contributed by atoms with E-state index < -0.39 is 0 Å². The third-order valence-electron chi connectivity index (χ3n) is 4.38. The number of hydrogen-bond acceptors (Lipinski definition) is 2. The molecule has 1 aliphatic rings. The van der Waals surface area contributed by atoms with Crippen LogP contribution >= 0.6 is 0 Å². The topological polar surface area (TPSA) is 40.5 Å². The monoisotopic (exact) mass is 280 g/mol. The molecular weight excluding hydrogens is 260 g/mol. The summed E-state index contributed by atoms with van der Waals surface area (Å²) in [7, 11) is 0. The summed E-state index contributed by atoms with van der Waals surface area (Å²) in [6, 6.07) is 15.0. The van der Waals surface area contributed by atoms with Crippen molar-refractivity contribution in [3.8, 4) is 11.5 Å². The Hall–Kier alpha value is -2.22. The molecule has 0 heterocycles. The van der Waals surface area contributed by atoms with Crippen molar-refractivity contribution in [2.45, 2.75) is 25.7 Å². The molecule has 2 nitrogen and oxygen atoms in total. The van der Waals surface area contributed by atoms with E-state index in [0.29, 0.717) is 23.3 Å². The predicted octanol–water partition coefficient (Wildman–Crippen LogP) is 4.69. The molecule has 2 heteroatoms. The van der Waals surface area contributed by atoms with Gasteiger partial charge in [-0.2, -0.15) is 0 Å². The summed E-state index contributed by atoms with van der Waals surface area (Å²) in [5.41, 5.74) is 3.77. The minimum Gasteiger partial charge on any atom is -0.508 e. The van der Waals surface area contributed by atoms with Gasteiger partial charge in [-0.25, -0.2) is 0 Å². The summed E-state index contributed by atoms with van der Waals surface area (Å²) in [5.74, 6) is 1.59. The van der Waals surface area contributed by atoms with E-state index in [1.807, 2.05) is 24.3 Å². The molecular formula is C19H20O2. The van der Waals surface area contributed by atoms with E-state index >= 15 is 0 Å². The lowest BCUT2D eigenvalue weighted by Crippen LogP contribution is -2.13. The zero-order chi connectivity index (χ0) is 14.8. The first-order valence-electron chi connectivity index (χ1n) is 7.42. The molecule has 0 amide bonds. The molecule has 2 atom stereocenters. The van der Waals surface area contributed by atoms with Gasteiger partial charge in [-0.15, -0.1) is 0 Å². The van der Waals surface area contributed by atoms with Gasteiger partial charge in [0.1, 0.15) is 11.5 Å². The van der Waals surface area contributed by atoms with Gasteiger partial charge < -0.3 is 10.2 Å². The molecule has 0 saturated carbocycles. The van der Waals surface area contributed by atoms with E-state index in [1.165, 1.54) is 16.7 Å². The maximum atomic E-state index is 9.44. The first kappa shape index (κ1) is 13.7. The standard InChI is InChI=1S/C19H20O2/c1-13-2-3-16(14-4-8-17(20)9-5-14)12-19(13)15-6-10-18(21)11-7-15/h4-13,19-21H,2-3H2,1H3. The van der Waals surface area contributed by atoms with E-state index in [0.717, 1.165) is 12.8 Å². The highest BCUT2D eigenvalue weighted by molar-refractivity contribution is 5.68. The summed E-state index contributed by atoms with van der Waals surface area (Å²) in [5, 5.41) is 18.8. The van der Waals surface area contributed by atoms with Crippen molar-refractivity contribution in [1.82, 2.24) is 0 Å². The average Bonchev–Trinajstić information content (AvgIpc) is 2.50. The average molecular weight is 280 g/mol. The number of phenols is 2. The predicted molar refractivity (Wildman–Crippen MR) is 85.3 cm³/mol. The number of allylic oxidation sites excluding steroid dienone is 2. The summed E-state index contributed by atoms with van der Waals surface area (Å²) < 4.78 is 0. The Kier molecular flexibility index (Phi) is 3.70. The summed E-state index contributed by atoms with van der Waals surface area (Å²) >= 11 is 0. The van der Waals surface area contributed by atoms with Gasteiger partial charge in [-0.3, -0.25) is 0 Å². The minimum atomic E-state index is 0.304. The molecule has 0 aromatic heterocycles. The van der Waals surface area contributed by atoms with Gasteiger partial charge in [0.05, 0.1) is 0 Å². The molecule has 2 aromatic rings. The van der Waals surface area contributed by atoms with E-state index in [-0.39, 0.29) is 0 Å². The van der Waals surface area contributed by atoms with Crippen LogP contribution in [-0.4, -0.2) is 10.2 Å². The summed E-state index contributed by atoms with van der Waals surface area (Å²) in [6.07, 6.45) is 4.56. The second-order valence-corrected chi connectivity index (χ2v) is 5.87. The normalized spacial score (nSPS) is 21.9. The van der Waals surface area contributed by atoms with Gasteiger partial charge in [-0.05, 0) is 59.7 Å². The smallest absolute Gasteiger partial charge is 0.115 e. The lowest BCUT2D eigenvalue weighted by molar-refractivity contribution is 0.466. The van der Waals surface area contributed by atoms with Crippen LogP contribution in [0.1, 0.15) is 36.8 Å². The Labute approximate surface area is 125 Å². The fraction of sp³-hybridized carbons (Fsp3) is 0.263. The second kappa shape index (κ2) is 5.65.